The highest BCUT2D eigenvalue weighted by molar-refractivity contribution is 5.87. The summed E-state index contributed by atoms with van der Waals surface area (Å²) in [4.78, 5) is 22.6. The first kappa shape index (κ1) is 15.3. The Morgan fingerprint density at radius 2 is 2.05 bits per heavy atom. The minimum Gasteiger partial charge on any atom is -0.492 e. The van der Waals surface area contributed by atoms with Crippen molar-refractivity contribution in [2.75, 3.05) is 26.2 Å². The normalized spacial score (nSPS) is 16.0. The number of nitrogens with zero attached hydrogens (tertiary/aromatic N) is 2. The second kappa shape index (κ2) is 7.08. The molecule has 114 valence electrons. The molecule has 1 saturated heterocycles. The molecule has 0 radical (unpaired) electrons. The minimum absolute atomic E-state index is 0.132. The maximum atomic E-state index is 11.9. The van der Waals surface area contributed by atoms with Crippen molar-refractivity contribution in [1.29, 1.82) is 0 Å². The number of hydrogen-bond acceptors (Lipinski definition) is 4. The SMILES string of the molecule is CCN1CCCC(=O)N1CCOc1ccc(C(=O)O)cc1. The molecular formula is C15H20N2O4. The predicted molar refractivity (Wildman–Crippen MR) is 77.1 cm³/mol. The lowest BCUT2D eigenvalue weighted by atomic mass is 10.2. The van der Waals surface area contributed by atoms with Crippen molar-refractivity contribution in [2.45, 2.75) is 19.8 Å². The Morgan fingerprint density at radius 1 is 1.33 bits per heavy atom. The Balaban J connectivity index is 1.85. The monoisotopic (exact) mass is 292 g/mol. The number of rotatable bonds is 6. The largest absolute Gasteiger partial charge is 0.492 e. The molecule has 21 heavy (non-hydrogen) atoms. The van der Waals surface area contributed by atoms with Crippen molar-refractivity contribution < 1.29 is 19.4 Å². The third-order valence-electron chi connectivity index (χ3n) is 3.47. The van der Waals surface area contributed by atoms with Gasteiger partial charge < -0.3 is 9.84 Å². The van der Waals surface area contributed by atoms with Gasteiger partial charge in [0.15, 0.2) is 0 Å². The molecule has 0 spiro atoms. The Labute approximate surface area is 123 Å². The topological polar surface area (TPSA) is 70.1 Å². The van der Waals surface area contributed by atoms with Gasteiger partial charge >= 0.3 is 5.97 Å². The highest BCUT2D eigenvalue weighted by Crippen LogP contribution is 2.14. The predicted octanol–water partition coefficient (Wildman–Crippen LogP) is 1.62. The fourth-order valence-corrected chi connectivity index (χ4v) is 2.36. The van der Waals surface area contributed by atoms with Gasteiger partial charge in [-0.15, -0.1) is 0 Å². The van der Waals surface area contributed by atoms with E-state index in [1.807, 2.05) is 11.9 Å². The Hall–Kier alpha value is -2.08. The van der Waals surface area contributed by atoms with Crippen molar-refractivity contribution in [3.05, 3.63) is 29.8 Å². The van der Waals surface area contributed by atoms with E-state index in [0.29, 0.717) is 25.3 Å². The number of hydrogen-bond donors (Lipinski definition) is 1. The van der Waals surface area contributed by atoms with Gasteiger partial charge in [-0.1, -0.05) is 6.92 Å². The second-order valence-corrected chi connectivity index (χ2v) is 4.84. The molecule has 1 fully saturated rings. The molecule has 1 aliphatic heterocycles. The average molecular weight is 292 g/mol. The second-order valence-electron chi connectivity index (χ2n) is 4.84. The van der Waals surface area contributed by atoms with E-state index in [0.717, 1.165) is 19.5 Å². The Kier molecular flexibility index (Phi) is 5.16. The first-order valence-corrected chi connectivity index (χ1v) is 7.13. The fraction of sp³-hybridized carbons (Fsp3) is 0.467. The zero-order valence-electron chi connectivity index (χ0n) is 12.1. The number of carboxylic acid groups (broad SMARTS) is 1. The number of carbonyl (C=O) groups excluding carboxylic acids is 1. The van der Waals surface area contributed by atoms with Crippen molar-refractivity contribution in [3.8, 4) is 5.75 Å². The maximum Gasteiger partial charge on any atom is 0.335 e. The van der Waals surface area contributed by atoms with Crippen LogP contribution in [0.5, 0.6) is 5.75 Å². The lowest BCUT2D eigenvalue weighted by molar-refractivity contribution is -0.155. The molecule has 2 rings (SSSR count). The van der Waals surface area contributed by atoms with Crippen molar-refractivity contribution in [1.82, 2.24) is 10.0 Å². The van der Waals surface area contributed by atoms with Crippen LogP contribution < -0.4 is 4.74 Å². The summed E-state index contributed by atoms with van der Waals surface area (Å²) in [5.74, 6) is -0.223. The van der Waals surface area contributed by atoms with E-state index in [1.165, 1.54) is 12.1 Å². The van der Waals surface area contributed by atoms with Gasteiger partial charge in [0.25, 0.3) is 0 Å². The molecule has 0 saturated carbocycles. The summed E-state index contributed by atoms with van der Waals surface area (Å²) < 4.78 is 5.57. The van der Waals surface area contributed by atoms with Crippen LogP contribution in [-0.2, 0) is 4.79 Å². The van der Waals surface area contributed by atoms with Crippen molar-refractivity contribution >= 4 is 11.9 Å². The highest BCUT2D eigenvalue weighted by atomic mass is 16.5. The summed E-state index contributed by atoms with van der Waals surface area (Å²) in [5, 5.41) is 12.6. The van der Waals surface area contributed by atoms with Crippen LogP contribution in [0.2, 0.25) is 0 Å². The summed E-state index contributed by atoms with van der Waals surface area (Å²) in [6.07, 6.45) is 1.49. The molecule has 6 heteroatoms. The van der Waals surface area contributed by atoms with Gasteiger partial charge in [0.2, 0.25) is 5.91 Å². The summed E-state index contributed by atoms with van der Waals surface area (Å²) in [5.41, 5.74) is 0.228. The number of benzene rings is 1. The number of carbonyl (C=O) groups is 2. The van der Waals surface area contributed by atoms with Crippen LogP contribution in [0.4, 0.5) is 0 Å². The molecule has 1 amide bonds. The van der Waals surface area contributed by atoms with Gasteiger partial charge in [0, 0.05) is 19.5 Å². The smallest absolute Gasteiger partial charge is 0.335 e. The molecule has 0 aromatic heterocycles. The molecule has 0 atom stereocenters. The minimum atomic E-state index is -0.959. The highest BCUT2D eigenvalue weighted by Gasteiger charge is 2.24. The maximum absolute atomic E-state index is 11.9. The number of carboxylic acids is 1. The van der Waals surface area contributed by atoms with E-state index in [-0.39, 0.29) is 11.5 Å². The van der Waals surface area contributed by atoms with E-state index in [2.05, 4.69) is 0 Å². The van der Waals surface area contributed by atoms with E-state index < -0.39 is 5.97 Å². The summed E-state index contributed by atoms with van der Waals surface area (Å²) in [7, 11) is 0. The van der Waals surface area contributed by atoms with Crippen LogP contribution in [0.15, 0.2) is 24.3 Å². The van der Waals surface area contributed by atoms with E-state index >= 15 is 0 Å². The van der Waals surface area contributed by atoms with E-state index in [4.69, 9.17) is 9.84 Å². The molecule has 6 nitrogen and oxygen atoms in total. The lowest BCUT2D eigenvalue weighted by Gasteiger charge is -2.37. The van der Waals surface area contributed by atoms with Gasteiger partial charge in [-0.3, -0.25) is 9.80 Å². The van der Waals surface area contributed by atoms with Gasteiger partial charge in [0.1, 0.15) is 12.4 Å². The number of aromatic carboxylic acids is 1. The molecule has 0 aliphatic carbocycles. The summed E-state index contributed by atoms with van der Waals surface area (Å²) in [6, 6.07) is 6.25. The molecule has 1 aromatic carbocycles. The summed E-state index contributed by atoms with van der Waals surface area (Å²) >= 11 is 0. The number of ether oxygens (including phenoxy) is 1. The number of hydrazine groups is 1. The van der Waals surface area contributed by atoms with Crippen LogP contribution in [0.3, 0.4) is 0 Å². The third kappa shape index (κ3) is 3.95. The Morgan fingerprint density at radius 3 is 2.67 bits per heavy atom. The third-order valence-corrected chi connectivity index (χ3v) is 3.47. The fourth-order valence-electron chi connectivity index (χ4n) is 2.36. The summed E-state index contributed by atoms with van der Waals surface area (Å²) in [6.45, 7) is 4.62. The molecule has 1 aromatic rings. The zero-order chi connectivity index (χ0) is 15.2. The molecule has 0 bridgehead atoms. The van der Waals surface area contributed by atoms with E-state index in [1.54, 1.807) is 17.1 Å². The number of amides is 1. The van der Waals surface area contributed by atoms with Crippen LogP contribution in [-0.4, -0.2) is 53.2 Å². The first-order chi connectivity index (χ1) is 10.1. The van der Waals surface area contributed by atoms with Gasteiger partial charge in [0.05, 0.1) is 12.1 Å². The van der Waals surface area contributed by atoms with Crippen LogP contribution in [0.25, 0.3) is 0 Å². The first-order valence-electron chi connectivity index (χ1n) is 7.13. The van der Waals surface area contributed by atoms with Gasteiger partial charge in [-0.25, -0.2) is 9.80 Å². The van der Waals surface area contributed by atoms with Gasteiger partial charge in [-0.2, -0.15) is 0 Å². The molecule has 1 heterocycles. The lowest BCUT2D eigenvalue weighted by Crippen LogP contribution is -2.51. The zero-order valence-corrected chi connectivity index (χ0v) is 12.1. The van der Waals surface area contributed by atoms with Gasteiger partial charge in [-0.05, 0) is 30.7 Å². The van der Waals surface area contributed by atoms with Crippen LogP contribution >= 0.6 is 0 Å². The molecular weight excluding hydrogens is 272 g/mol. The van der Waals surface area contributed by atoms with Crippen LogP contribution in [0.1, 0.15) is 30.1 Å². The van der Waals surface area contributed by atoms with Crippen molar-refractivity contribution in [2.24, 2.45) is 0 Å². The Bertz CT molecular complexity index is 501. The van der Waals surface area contributed by atoms with E-state index in [9.17, 15) is 9.59 Å². The average Bonchev–Trinajstić information content (AvgIpc) is 2.49. The standard InChI is InChI=1S/C15H20N2O4/c1-2-16-9-3-4-14(18)17(16)10-11-21-13-7-5-12(6-8-13)15(19)20/h5-8H,2-4,9-11H2,1H3,(H,19,20). The molecule has 1 N–H and O–H groups in total. The molecule has 0 unspecified atom stereocenters. The van der Waals surface area contributed by atoms with Crippen LogP contribution in [0, 0.1) is 0 Å². The quantitative estimate of drug-likeness (QED) is 0.863. The molecule has 1 aliphatic rings. The van der Waals surface area contributed by atoms with Crippen molar-refractivity contribution in [3.63, 3.8) is 0 Å².